The Morgan fingerprint density at radius 2 is 2.04 bits per heavy atom. The van der Waals surface area contributed by atoms with Gasteiger partial charge in [-0.25, -0.2) is 0 Å². The third-order valence-corrected chi connectivity index (χ3v) is 5.44. The van der Waals surface area contributed by atoms with E-state index in [0.29, 0.717) is 0 Å². The van der Waals surface area contributed by atoms with Gasteiger partial charge in [-0.15, -0.1) is 11.3 Å². The zero-order valence-electron chi connectivity index (χ0n) is 13.1. The molecule has 0 bridgehead atoms. The summed E-state index contributed by atoms with van der Waals surface area (Å²) >= 11 is 1.77. The van der Waals surface area contributed by atoms with Crippen LogP contribution in [0.25, 0.3) is 11.0 Å². The Morgan fingerprint density at radius 3 is 2.87 bits per heavy atom. The molecule has 4 heteroatoms. The van der Waals surface area contributed by atoms with Crippen molar-refractivity contribution >= 4 is 22.3 Å². The molecular formula is C19H21NO2S. The number of likely N-dealkylation sites (tertiary alicyclic amines) is 1. The van der Waals surface area contributed by atoms with Gasteiger partial charge in [0.15, 0.2) is 11.3 Å². The molecule has 0 aliphatic carbocycles. The van der Waals surface area contributed by atoms with E-state index in [-0.39, 0.29) is 6.10 Å². The highest BCUT2D eigenvalue weighted by Crippen LogP contribution is 2.33. The lowest BCUT2D eigenvalue weighted by Gasteiger charge is -2.21. The summed E-state index contributed by atoms with van der Waals surface area (Å²) < 4.78 is 12.0. The molecule has 0 radical (unpaired) electrons. The number of hydrogen-bond acceptors (Lipinski definition) is 4. The highest BCUT2D eigenvalue weighted by molar-refractivity contribution is 7.10. The third kappa shape index (κ3) is 3.28. The van der Waals surface area contributed by atoms with Crippen LogP contribution in [0.2, 0.25) is 0 Å². The van der Waals surface area contributed by atoms with Crippen molar-refractivity contribution in [2.75, 3.05) is 19.6 Å². The molecule has 3 nitrogen and oxygen atoms in total. The summed E-state index contributed by atoms with van der Waals surface area (Å²) in [6, 6.07) is 12.3. The fraction of sp³-hybridized carbons (Fsp3) is 0.368. The first kappa shape index (κ1) is 14.8. The maximum Gasteiger partial charge on any atom is 0.175 e. The summed E-state index contributed by atoms with van der Waals surface area (Å²) in [6.07, 6.45) is 5.48. The van der Waals surface area contributed by atoms with Crippen LogP contribution in [0.5, 0.6) is 5.75 Å². The first-order valence-electron chi connectivity index (χ1n) is 8.29. The topological polar surface area (TPSA) is 25.6 Å². The Morgan fingerprint density at radius 1 is 1.13 bits per heavy atom. The van der Waals surface area contributed by atoms with Crippen molar-refractivity contribution in [2.24, 2.45) is 0 Å². The molecule has 3 aromatic rings. The van der Waals surface area contributed by atoms with E-state index >= 15 is 0 Å². The minimum atomic E-state index is 0.0892. The normalized spacial score (nSPS) is 16.9. The van der Waals surface area contributed by atoms with E-state index in [0.717, 1.165) is 29.7 Å². The molecule has 0 N–H and O–H groups in total. The maximum atomic E-state index is 6.38. The molecule has 0 spiro atoms. The fourth-order valence-electron chi connectivity index (χ4n) is 3.25. The number of nitrogens with zero attached hydrogens (tertiary/aromatic N) is 1. The average Bonchev–Trinajstić information content (AvgIpc) is 3.33. The predicted molar refractivity (Wildman–Crippen MR) is 94.2 cm³/mol. The summed E-state index contributed by atoms with van der Waals surface area (Å²) in [5.41, 5.74) is 0.843. The van der Waals surface area contributed by atoms with Gasteiger partial charge in [0, 0.05) is 23.2 Å². The van der Waals surface area contributed by atoms with Crippen LogP contribution in [0.1, 0.15) is 30.2 Å². The molecule has 3 heterocycles. The van der Waals surface area contributed by atoms with Gasteiger partial charge in [-0.1, -0.05) is 18.2 Å². The van der Waals surface area contributed by atoms with Crippen molar-refractivity contribution in [2.45, 2.75) is 25.4 Å². The molecule has 2 aromatic heterocycles. The second-order valence-electron chi connectivity index (χ2n) is 6.05. The van der Waals surface area contributed by atoms with E-state index in [4.69, 9.17) is 9.15 Å². The molecule has 4 rings (SSSR count). The smallest absolute Gasteiger partial charge is 0.175 e. The minimum absolute atomic E-state index is 0.0892. The Bertz CT molecular complexity index is 744. The molecular weight excluding hydrogens is 306 g/mol. The van der Waals surface area contributed by atoms with Crippen LogP contribution in [0.3, 0.4) is 0 Å². The van der Waals surface area contributed by atoms with Crippen molar-refractivity contribution in [3.05, 3.63) is 52.9 Å². The van der Waals surface area contributed by atoms with Gasteiger partial charge in [-0.2, -0.15) is 0 Å². The second-order valence-corrected chi connectivity index (χ2v) is 7.03. The zero-order chi connectivity index (χ0) is 15.5. The summed E-state index contributed by atoms with van der Waals surface area (Å²) in [5.74, 6) is 0.840. The Balaban J connectivity index is 1.54. The number of thiophene rings is 1. The summed E-state index contributed by atoms with van der Waals surface area (Å²) in [5, 5.41) is 3.21. The Hall–Kier alpha value is -1.78. The zero-order valence-corrected chi connectivity index (χ0v) is 13.9. The molecule has 1 aromatic carbocycles. The minimum Gasteiger partial charge on any atom is -0.481 e. The van der Waals surface area contributed by atoms with E-state index in [1.54, 1.807) is 17.6 Å². The molecule has 0 unspecified atom stereocenters. The van der Waals surface area contributed by atoms with Gasteiger partial charge in [0.25, 0.3) is 0 Å². The molecule has 0 saturated carbocycles. The molecule has 1 fully saturated rings. The lowest BCUT2D eigenvalue weighted by molar-refractivity contribution is 0.176. The molecule has 1 aliphatic heterocycles. The van der Waals surface area contributed by atoms with E-state index < -0.39 is 0 Å². The van der Waals surface area contributed by atoms with E-state index in [2.05, 4.69) is 28.5 Å². The van der Waals surface area contributed by atoms with Crippen LogP contribution in [0, 0.1) is 0 Å². The molecule has 120 valence electrons. The number of para-hydroxylation sites is 1. The van der Waals surface area contributed by atoms with Crippen LogP contribution >= 0.6 is 11.3 Å². The molecule has 23 heavy (non-hydrogen) atoms. The lowest BCUT2D eigenvalue weighted by atomic mass is 10.2. The van der Waals surface area contributed by atoms with Crippen LogP contribution in [0.4, 0.5) is 0 Å². The predicted octanol–water partition coefficient (Wildman–Crippen LogP) is 5.10. The van der Waals surface area contributed by atoms with Gasteiger partial charge < -0.3 is 14.1 Å². The first-order valence-corrected chi connectivity index (χ1v) is 9.17. The van der Waals surface area contributed by atoms with Gasteiger partial charge in [-0.05, 0) is 49.5 Å². The van der Waals surface area contributed by atoms with Crippen LogP contribution in [-0.4, -0.2) is 24.5 Å². The van der Waals surface area contributed by atoms with Crippen molar-refractivity contribution in [3.63, 3.8) is 0 Å². The molecule has 1 aliphatic rings. The van der Waals surface area contributed by atoms with Crippen LogP contribution < -0.4 is 4.74 Å². The summed E-state index contributed by atoms with van der Waals surface area (Å²) in [4.78, 5) is 3.82. The highest BCUT2D eigenvalue weighted by Gasteiger charge is 2.20. The van der Waals surface area contributed by atoms with E-state index in [1.165, 1.54) is 30.8 Å². The number of ether oxygens (including phenoxy) is 1. The van der Waals surface area contributed by atoms with Gasteiger partial charge in [-0.3, -0.25) is 0 Å². The standard InChI is InChI=1S/C19H21NO2S/c1-2-11-20(10-1)12-8-16(18-7-4-14-23-18)22-17-6-3-5-15-9-13-21-19(15)17/h3-7,9,13-14,16H,1-2,8,10-12H2/t16-/m0/s1. The van der Waals surface area contributed by atoms with E-state index in [1.807, 2.05) is 18.2 Å². The monoisotopic (exact) mass is 327 g/mol. The molecule has 1 atom stereocenters. The van der Waals surface area contributed by atoms with Gasteiger partial charge in [0.2, 0.25) is 0 Å². The van der Waals surface area contributed by atoms with Crippen molar-refractivity contribution in [1.82, 2.24) is 4.90 Å². The lowest BCUT2D eigenvalue weighted by Crippen LogP contribution is -2.23. The van der Waals surface area contributed by atoms with Gasteiger partial charge in [0.05, 0.1) is 6.26 Å². The van der Waals surface area contributed by atoms with Gasteiger partial charge >= 0.3 is 0 Å². The van der Waals surface area contributed by atoms with Gasteiger partial charge in [0.1, 0.15) is 6.10 Å². The quantitative estimate of drug-likeness (QED) is 0.630. The number of furan rings is 1. The third-order valence-electron chi connectivity index (χ3n) is 4.48. The molecule has 1 saturated heterocycles. The Labute approximate surface area is 140 Å². The van der Waals surface area contributed by atoms with Crippen molar-refractivity contribution in [3.8, 4) is 5.75 Å². The fourth-order valence-corrected chi connectivity index (χ4v) is 4.04. The second kappa shape index (κ2) is 6.77. The maximum absolute atomic E-state index is 6.38. The number of hydrogen-bond donors (Lipinski definition) is 0. The highest BCUT2D eigenvalue weighted by atomic mass is 32.1. The first-order chi connectivity index (χ1) is 11.4. The summed E-state index contributed by atoms with van der Waals surface area (Å²) in [7, 11) is 0. The summed E-state index contributed by atoms with van der Waals surface area (Å²) in [6.45, 7) is 3.55. The van der Waals surface area contributed by atoms with Crippen LogP contribution in [-0.2, 0) is 0 Å². The van der Waals surface area contributed by atoms with Crippen LogP contribution in [0.15, 0.2) is 52.5 Å². The van der Waals surface area contributed by atoms with E-state index in [9.17, 15) is 0 Å². The number of benzene rings is 1. The Kier molecular flexibility index (Phi) is 4.35. The average molecular weight is 327 g/mol. The largest absolute Gasteiger partial charge is 0.481 e. The molecule has 0 amide bonds. The number of rotatable bonds is 6. The SMILES string of the molecule is c1csc([C@H](CCN2CCCC2)Oc2cccc3ccoc23)c1. The number of fused-ring (bicyclic) bond motifs is 1. The van der Waals surface area contributed by atoms with Crippen molar-refractivity contribution < 1.29 is 9.15 Å². The van der Waals surface area contributed by atoms with Crippen molar-refractivity contribution in [1.29, 1.82) is 0 Å².